The lowest BCUT2D eigenvalue weighted by Crippen LogP contribution is -2.43. The van der Waals surface area contributed by atoms with Crippen LogP contribution in [0.5, 0.6) is 0 Å². The number of carbonyl (C=O) groups is 2. The van der Waals surface area contributed by atoms with Crippen LogP contribution in [0.2, 0.25) is 0 Å². The van der Waals surface area contributed by atoms with E-state index in [1.54, 1.807) is 0 Å². The maximum atomic E-state index is 11.2. The minimum atomic E-state index is -0.0325. The Morgan fingerprint density at radius 1 is 1.16 bits per heavy atom. The Morgan fingerprint density at radius 3 is 2.42 bits per heavy atom. The standard InChI is InChI=1S/C13H15N4O2/c1-10(18)8-13-14-17(12-6-4-3-5-7-12)15-16(13)9-11(2)19/h3-7H,8-9H2,1-2H3/q+1. The summed E-state index contributed by atoms with van der Waals surface area (Å²) in [5, 5.41) is 8.49. The monoisotopic (exact) mass is 259 g/mol. The first-order chi connectivity index (χ1) is 9.06. The summed E-state index contributed by atoms with van der Waals surface area (Å²) in [7, 11) is 0. The highest BCUT2D eigenvalue weighted by Gasteiger charge is 2.22. The third kappa shape index (κ3) is 3.31. The molecule has 1 aromatic heterocycles. The molecule has 0 saturated heterocycles. The highest BCUT2D eigenvalue weighted by atomic mass is 16.1. The van der Waals surface area contributed by atoms with Gasteiger partial charge in [-0.15, -0.1) is 4.68 Å². The molecule has 0 fully saturated rings. The molecule has 0 unspecified atom stereocenters. The molecule has 1 heterocycles. The number of aromatic nitrogens is 4. The maximum Gasteiger partial charge on any atom is 0.306 e. The van der Waals surface area contributed by atoms with E-state index in [0.29, 0.717) is 5.82 Å². The highest BCUT2D eigenvalue weighted by molar-refractivity contribution is 5.77. The molecule has 2 aromatic rings. The number of Topliss-reactive ketones (excluding diaryl/α,β-unsaturated/α-hetero) is 2. The summed E-state index contributed by atoms with van der Waals surface area (Å²) in [5.41, 5.74) is 0.787. The molecular formula is C13H15N4O2+. The lowest BCUT2D eigenvalue weighted by molar-refractivity contribution is -0.749. The lowest BCUT2D eigenvalue weighted by Gasteiger charge is -1.91. The Bertz CT molecular complexity index is 571. The fourth-order valence-electron chi connectivity index (χ4n) is 1.69. The zero-order valence-electron chi connectivity index (χ0n) is 10.9. The van der Waals surface area contributed by atoms with Crippen LogP contribution in [0.4, 0.5) is 0 Å². The van der Waals surface area contributed by atoms with E-state index >= 15 is 0 Å². The van der Waals surface area contributed by atoms with E-state index in [1.807, 2.05) is 30.3 Å². The second-order valence-electron chi connectivity index (χ2n) is 4.37. The quantitative estimate of drug-likeness (QED) is 0.723. The Hall–Kier alpha value is -2.37. The van der Waals surface area contributed by atoms with Gasteiger partial charge in [-0.3, -0.25) is 9.59 Å². The topological polar surface area (TPSA) is 68.7 Å². The smallest absolute Gasteiger partial charge is 0.299 e. The predicted octanol–water partition coefficient (Wildman–Crippen LogP) is 0.275. The van der Waals surface area contributed by atoms with E-state index in [-0.39, 0.29) is 24.5 Å². The van der Waals surface area contributed by atoms with Crippen LogP contribution in [-0.2, 0) is 22.6 Å². The van der Waals surface area contributed by atoms with Gasteiger partial charge < -0.3 is 0 Å². The molecule has 98 valence electrons. The summed E-state index contributed by atoms with van der Waals surface area (Å²) >= 11 is 0. The van der Waals surface area contributed by atoms with E-state index in [0.717, 1.165) is 5.69 Å². The molecule has 0 aliphatic carbocycles. The first-order valence-electron chi connectivity index (χ1n) is 5.97. The van der Waals surface area contributed by atoms with Crippen molar-refractivity contribution < 1.29 is 14.3 Å². The summed E-state index contributed by atoms with van der Waals surface area (Å²) < 4.78 is 1.47. The van der Waals surface area contributed by atoms with Crippen molar-refractivity contribution in [3.8, 4) is 5.69 Å². The van der Waals surface area contributed by atoms with E-state index in [1.165, 1.54) is 23.3 Å². The van der Waals surface area contributed by atoms with Gasteiger partial charge >= 0.3 is 5.82 Å². The van der Waals surface area contributed by atoms with E-state index in [2.05, 4.69) is 10.3 Å². The minimum Gasteiger partial charge on any atom is -0.299 e. The summed E-state index contributed by atoms with van der Waals surface area (Å²) in [6.45, 7) is 3.08. The summed E-state index contributed by atoms with van der Waals surface area (Å²) in [4.78, 5) is 23.9. The van der Waals surface area contributed by atoms with Crippen molar-refractivity contribution in [1.82, 2.24) is 15.1 Å². The van der Waals surface area contributed by atoms with Gasteiger partial charge in [-0.1, -0.05) is 18.2 Å². The summed E-state index contributed by atoms with van der Waals surface area (Å²) in [6.07, 6.45) is 0.167. The van der Waals surface area contributed by atoms with Gasteiger partial charge in [0.05, 0.1) is 10.3 Å². The van der Waals surface area contributed by atoms with Crippen LogP contribution < -0.4 is 4.68 Å². The molecule has 19 heavy (non-hydrogen) atoms. The largest absolute Gasteiger partial charge is 0.306 e. The molecule has 6 nitrogen and oxygen atoms in total. The lowest BCUT2D eigenvalue weighted by atomic mass is 10.3. The van der Waals surface area contributed by atoms with Crippen molar-refractivity contribution in [2.75, 3.05) is 0 Å². The van der Waals surface area contributed by atoms with Crippen molar-refractivity contribution in [1.29, 1.82) is 0 Å². The van der Waals surface area contributed by atoms with Gasteiger partial charge in [0.2, 0.25) is 0 Å². The van der Waals surface area contributed by atoms with Crippen molar-refractivity contribution in [3.05, 3.63) is 36.2 Å². The molecule has 0 aliphatic heterocycles. The van der Waals surface area contributed by atoms with Crippen molar-refractivity contribution in [2.24, 2.45) is 0 Å². The van der Waals surface area contributed by atoms with Crippen LogP contribution in [0.15, 0.2) is 30.3 Å². The Morgan fingerprint density at radius 2 is 1.84 bits per heavy atom. The SMILES string of the molecule is CC(=O)Cc1nn(-c2ccccc2)n[n+]1CC(C)=O. The van der Waals surface area contributed by atoms with Gasteiger partial charge in [0, 0.05) is 4.80 Å². The molecule has 1 aromatic carbocycles. The fraction of sp³-hybridized carbons (Fsp3) is 0.308. The number of rotatable bonds is 5. The number of nitrogens with zero attached hydrogens (tertiary/aromatic N) is 4. The average Bonchev–Trinajstić information content (AvgIpc) is 2.72. The Balaban J connectivity index is 2.39. The number of hydrogen-bond acceptors (Lipinski definition) is 4. The molecule has 0 amide bonds. The van der Waals surface area contributed by atoms with Gasteiger partial charge in [0.25, 0.3) is 0 Å². The number of tetrazole rings is 1. The van der Waals surface area contributed by atoms with Crippen LogP contribution >= 0.6 is 0 Å². The molecule has 0 bridgehead atoms. The molecular weight excluding hydrogens is 244 g/mol. The van der Waals surface area contributed by atoms with Crippen LogP contribution in [0, 0.1) is 0 Å². The first kappa shape index (κ1) is 13.1. The minimum absolute atomic E-state index is 0.0163. The fourth-order valence-corrected chi connectivity index (χ4v) is 1.69. The molecule has 0 radical (unpaired) electrons. The average molecular weight is 259 g/mol. The highest BCUT2D eigenvalue weighted by Crippen LogP contribution is 2.02. The normalized spacial score (nSPS) is 10.4. The molecule has 0 atom stereocenters. The third-order valence-electron chi connectivity index (χ3n) is 2.47. The molecule has 0 N–H and O–H groups in total. The van der Waals surface area contributed by atoms with Crippen LogP contribution in [0.25, 0.3) is 5.69 Å². The molecule has 0 aliphatic rings. The second-order valence-corrected chi connectivity index (χ2v) is 4.37. The number of carbonyl (C=O) groups excluding carboxylic acids is 2. The number of ketones is 2. The number of hydrogen-bond donors (Lipinski definition) is 0. The van der Waals surface area contributed by atoms with Crippen LogP contribution in [0.3, 0.4) is 0 Å². The van der Waals surface area contributed by atoms with E-state index in [4.69, 9.17) is 0 Å². The second kappa shape index (κ2) is 5.51. The summed E-state index contributed by atoms with van der Waals surface area (Å²) in [5.74, 6) is 0.443. The van der Waals surface area contributed by atoms with Gasteiger partial charge in [-0.05, 0) is 26.0 Å². The van der Waals surface area contributed by atoms with Gasteiger partial charge in [-0.2, -0.15) is 0 Å². The maximum absolute atomic E-state index is 11.2. The van der Waals surface area contributed by atoms with E-state index in [9.17, 15) is 9.59 Å². The third-order valence-corrected chi connectivity index (χ3v) is 2.47. The van der Waals surface area contributed by atoms with Crippen LogP contribution in [0.1, 0.15) is 19.7 Å². The zero-order chi connectivity index (χ0) is 13.8. The summed E-state index contributed by atoms with van der Waals surface area (Å²) in [6, 6.07) is 9.36. The van der Waals surface area contributed by atoms with Crippen molar-refractivity contribution in [2.45, 2.75) is 26.8 Å². The van der Waals surface area contributed by atoms with Crippen molar-refractivity contribution >= 4 is 11.6 Å². The zero-order valence-corrected chi connectivity index (χ0v) is 10.9. The van der Waals surface area contributed by atoms with E-state index < -0.39 is 0 Å². The van der Waals surface area contributed by atoms with Crippen molar-refractivity contribution in [3.63, 3.8) is 0 Å². The predicted molar refractivity (Wildman–Crippen MR) is 66.6 cm³/mol. The number of para-hydroxylation sites is 1. The van der Waals surface area contributed by atoms with Gasteiger partial charge in [0.1, 0.15) is 12.2 Å². The molecule has 2 rings (SSSR count). The first-order valence-corrected chi connectivity index (χ1v) is 5.97. The molecule has 6 heteroatoms. The number of benzene rings is 1. The van der Waals surface area contributed by atoms with Gasteiger partial charge in [-0.25, -0.2) is 0 Å². The molecule has 0 saturated carbocycles. The van der Waals surface area contributed by atoms with Gasteiger partial charge in [0.15, 0.2) is 18.0 Å². The van der Waals surface area contributed by atoms with Crippen LogP contribution in [-0.4, -0.2) is 26.7 Å². The Labute approximate surface area is 110 Å². The Kier molecular flexibility index (Phi) is 3.79. The molecule has 0 spiro atoms.